The molecule has 0 fully saturated rings. The molecule has 1 rings (SSSR count). The zero-order chi connectivity index (χ0) is 12.0. The van der Waals surface area contributed by atoms with Gasteiger partial charge in [-0.3, -0.25) is 4.79 Å². The molecule has 0 atom stereocenters. The van der Waals surface area contributed by atoms with E-state index in [4.69, 9.17) is 4.74 Å². The first-order valence-electron chi connectivity index (χ1n) is 5.26. The molecule has 1 aromatic heterocycles. The molecule has 1 amide bonds. The first-order chi connectivity index (χ1) is 7.47. The Balaban J connectivity index is 2.11. The Kier molecular flexibility index (Phi) is 4.89. The first kappa shape index (κ1) is 13.1. The number of ether oxygens (including phenoxy) is 1. The summed E-state index contributed by atoms with van der Waals surface area (Å²) in [5, 5.41) is 5.77. The van der Waals surface area contributed by atoms with Crippen LogP contribution in [-0.2, 0) is 16.0 Å². The van der Waals surface area contributed by atoms with Gasteiger partial charge >= 0.3 is 0 Å². The van der Waals surface area contributed by atoms with Crippen molar-refractivity contribution in [2.45, 2.75) is 32.8 Å². The van der Waals surface area contributed by atoms with Crippen molar-refractivity contribution in [2.24, 2.45) is 0 Å². The molecule has 1 N–H and O–H groups in total. The number of amides is 1. The van der Waals surface area contributed by atoms with Crippen molar-refractivity contribution in [1.82, 2.24) is 10.3 Å². The second kappa shape index (κ2) is 5.96. The van der Waals surface area contributed by atoms with Crippen molar-refractivity contribution in [3.63, 3.8) is 0 Å². The number of thiazole rings is 1. The van der Waals surface area contributed by atoms with Crippen LogP contribution in [-0.4, -0.2) is 29.6 Å². The van der Waals surface area contributed by atoms with Crippen LogP contribution in [0.4, 0.5) is 0 Å². The summed E-state index contributed by atoms with van der Waals surface area (Å²) in [5.41, 5.74) is -0.271. The van der Waals surface area contributed by atoms with Crippen molar-refractivity contribution in [3.8, 4) is 0 Å². The largest absolute Gasteiger partial charge is 0.366 e. The summed E-state index contributed by atoms with van der Waals surface area (Å²) in [6.45, 7) is 6.50. The van der Waals surface area contributed by atoms with Gasteiger partial charge in [0.25, 0.3) is 0 Å². The third kappa shape index (κ3) is 5.82. The predicted octanol–water partition coefficient (Wildman–Crippen LogP) is 1.62. The van der Waals surface area contributed by atoms with Gasteiger partial charge in [-0.2, -0.15) is 0 Å². The molecule has 5 heteroatoms. The summed E-state index contributed by atoms with van der Waals surface area (Å²) in [4.78, 5) is 15.5. The van der Waals surface area contributed by atoms with Gasteiger partial charge in [-0.15, -0.1) is 11.3 Å². The molecule has 1 heterocycles. The Bertz CT molecular complexity index is 317. The highest BCUT2D eigenvalue weighted by Gasteiger charge is 2.12. The third-order valence-corrected chi connectivity index (χ3v) is 2.62. The molecule has 0 aliphatic heterocycles. The fraction of sp³-hybridized carbons (Fsp3) is 0.636. The summed E-state index contributed by atoms with van der Waals surface area (Å²) in [7, 11) is 0. The second-order valence-electron chi connectivity index (χ2n) is 4.43. The van der Waals surface area contributed by atoms with Crippen LogP contribution in [0.5, 0.6) is 0 Å². The third-order valence-electron chi connectivity index (χ3n) is 1.78. The molecule has 0 aliphatic rings. The lowest BCUT2D eigenvalue weighted by atomic mass is 10.2. The molecule has 0 aromatic carbocycles. The van der Waals surface area contributed by atoms with E-state index in [1.165, 1.54) is 0 Å². The first-order valence-corrected chi connectivity index (χ1v) is 6.14. The molecule has 90 valence electrons. The van der Waals surface area contributed by atoms with Crippen LogP contribution in [0.2, 0.25) is 0 Å². The van der Waals surface area contributed by atoms with Crippen LogP contribution in [0, 0.1) is 0 Å². The number of nitrogens with one attached hydrogen (secondary N) is 1. The maximum Gasteiger partial charge on any atom is 0.246 e. The maximum absolute atomic E-state index is 11.4. The maximum atomic E-state index is 11.4. The SMILES string of the molecule is CC(C)(C)OCC(=O)NCCc1nccs1. The Labute approximate surface area is 100 Å². The van der Waals surface area contributed by atoms with Crippen molar-refractivity contribution < 1.29 is 9.53 Å². The number of carbonyl (C=O) groups excluding carboxylic acids is 1. The number of rotatable bonds is 5. The normalized spacial score (nSPS) is 11.4. The minimum absolute atomic E-state index is 0.0773. The molecule has 0 unspecified atom stereocenters. The topological polar surface area (TPSA) is 51.2 Å². The van der Waals surface area contributed by atoms with Crippen molar-refractivity contribution in [1.29, 1.82) is 0 Å². The lowest BCUT2D eigenvalue weighted by Gasteiger charge is -2.18. The van der Waals surface area contributed by atoms with Gasteiger partial charge in [0.05, 0.1) is 10.6 Å². The van der Waals surface area contributed by atoms with Crippen molar-refractivity contribution in [3.05, 3.63) is 16.6 Å². The number of carbonyl (C=O) groups is 1. The average Bonchev–Trinajstić information content (AvgIpc) is 2.66. The van der Waals surface area contributed by atoms with E-state index < -0.39 is 0 Å². The van der Waals surface area contributed by atoms with E-state index >= 15 is 0 Å². The van der Waals surface area contributed by atoms with E-state index in [2.05, 4.69) is 10.3 Å². The molecule has 0 radical (unpaired) electrons. The standard InChI is InChI=1S/C11H18N2O2S/c1-11(2,3)15-8-9(14)12-5-4-10-13-6-7-16-10/h6-7H,4-5,8H2,1-3H3,(H,12,14). The quantitative estimate of drug-likeness (QED) is 0.853. The van der Waals surface area contributed by atoms with Gasteiger partial charge in [0.1, 0.15) is 6.61 Å². The molecule has 4 nitrogen and oxygen atoms in total. The monoisotopic (exact) mass is 242 g/mol. The Morgan fingerprint density at radius 3 is 2.88 bits per heavy atom. The molecule has 0 saturated carbocycles. The highest BCUT2D eigenvalue weighted by atomic mass is 32.1. The minimum Gasteiger partial charge on any atom is -0.366 e. The molecule has 1 aromatic rings. The van der Waals surface area contributed by atoms with E-state index in [0.29, 0.717) is 6.54 Å². The van der Waals surface area contributed by atoms with E-state index in [1.54, 1.807) is 17.5 Å². The summed E-state index contributed by atoms with van der Waals surface area (Å²) >= 11 is 1.60. The zero-order valence-corrected chi connectivity index (χ0v) is 10.8. The number of nitrogens with zero attached hydrogens (tertiary/aromatic N) is 1. The van der Waals surface area contributed by atoms with Crippen molar-refractivity contribution in [2.75, 3.05) is 13.2 Å². The minimum atomic E-state index is -0.271. The van der Waals surface area contributed by atoms with Crippen LogP contribution in [0.1, 0.15) is 25.8 Å². The van der Waals surface area contributed by atoms with Crippen LogP contribution >= 0.6 is 11.3 Å². The van der Waals surface area contributed by atoms with Gasteiger partial charge < -0.3 is 10.1 Å². The summed E-state index contributed by atoms with van der Waals surface area (Å²) in [6.07, 6.45) is 2.55. The molecule has 0 saturated heterocycles. The Morgan fingerprint density at radius 2 is 2.31 bits per heavy atom. The lowest BCUT2D eigenvalue weighted by Crippen LogP contribution is -2.33. The average molecular weight is 242 g/mol. The van der Waals surface area contributed by atoms with Crippen LogP contribution in [0.3, 0.4) is 0 Å². The van der Waals surface area contributed by atoms with Gasteiger partial charge in [-0.1, -0.05) is 0 Å². The van der Waals surface area contributed by atoms with Crippen LogP contribution in [0.25, 0.3) is 0 Å². The highest BCUT2D eigenvalue weighted by molar-refractivity contribution is 7.09. The highest BCUT2D eigenvalue weighted by Crippen LogP contribution is 2.06. The molecular formula is C11H18N2O2S. The molecular weight excluding hydrogens is 224 g/mol. The fourth-order valence-electron chi connectivity index (χ4n) is 1.02. The molecule has 0 spiro atoms. The molecule has 0 aliphatic carbocycles. The van der Waals surface area contributed by atoms with Gasteiger partial charge in [-0.05, 0) is 20.8 Å². The Hall–Kier alpha value is -0.940. The molecule has 16 heavy (non-hydrogen) atoms. The smallest absolute Gasteiger partial charge is 0.246 e. The fourth-order valence-corrected chi connectivity index (χ4v) is 1.64. The van der Waals surface area contributed by atoms with Gasteiger partial charge in [0.15, 0.2) is 0 Å². The number of hydrogen-bond acceptors (Lipinski definition) is 4. The van der Waals surface area contributed by atoms with Crippen LogP contribution < -0.4 is 5.32 Å². The number of hydrogen-bond donors (Lipinski definition) is 1. The second-order valence-corrected chi connectivity index (χ2v) is 5.41. The number of aromatic nitrogens is 1. The Morgan fingerprint density at radius 1 is 1.56 bits per heavy atom. The van der Waals surface area contributed by atoms with Crippen molar-refractivity contribution >= 4 is 17.2 Å². The van der Waals surface area contributed by atoms with Gasteiger partial charge in [0, 0.05) is 24.5 Å². The summed E-state index contributed by atoms with van der Waals surface area (Å²) in [6, 6.07) is 0. The van der Waals surface area contributed by atoms with Crippen LogP contribution in [0.15, 0.2) is 11.6 Å². The molecule has 0 bridgehead atoms. The van der Waals surface area contributed by atoms with E-state index in [0.717, 1.165) is 11.4 Å². The lowest BCUT2D eigenvalue weighted by molar-refractivity contribution is -0.130. The van der Waals surface area contributed by atoms with E-state index in [9.17, 15) is 4.79 Å². The predicted molar refractivity (Wildman–Crippen MR) is 64.5 cm³/mol. The van der Waals surface area contributed by atoms with E-state index in [1.807, 2.05) is 26.2 Å². The van der Waals surface area contributed by atoms with Gasteiger partial charge in [0.2, 0.25) is 5.91 Å². The summed E-state index contributed by atoms with van der Waals surface area (Å²) < 4.78 is 5.35. The van der Waals surface area contributed by atoms with Gasteiger partial charge in [-0.25, -0.2) is 4.98 Å². The van der Waals surface area contributed by atoms with E-state index in [-0.39, 0.29) is 18.1 Å². The summed E-state index contributed by atoms with van der Waals surface area (Å²) in [5.74, 6) is -0.0773. The zero-order valence-electron chi connectivity index (χ0n) is 9.95.